The van der Waals surface area contributed by atoms with Gasteiger partial charge in [0, 0.05) is 18.5 Å². The molecule has 2 atom stereocenters. The van der Waals surface area contributed by atoms with Gasteiger partial charge in [0.05, 0.1) is 0 Å². The van der Waals surface area contributed by atoms with Crippen LogP contribution in [0.2, 0.25) is 0 Å². The smallest absolute Gasteiger partial charge is 0.365 e. The molecule has 9 nitrogen and oxygen atoms in total. The number of aromatic amines is 1. The van der Waals surface area contributed by atoms with Crippen molar-refractivity contribution in [2.24, 2.45) is 23.7 Å². The average Bonchev–Trinajstić information content (AvgIpc) is 3.52. The fourth-order valence-electron chi connectivity index (χ4n) is 7.10. The van der Waals surface area contributed by atoms with Crippen molar-refractivity contribution in [3.05, 3.63) is 29.0 Å². The van der Waals surface area contributed by atoms with Crippen molar-refractivity contribution in [1.29, 1.82) is 0 Å². The molecule has 3 heterocycles. The SMILES string of the molecule is C=C[C@H]1CC[C@H](Cn2c(C(C)C3CCCCC3)nc3nc(-c4noc(=O)[nH]4)nc(N[C@H](C)C4CCC4)c32)CC1. The second-order valence-corrected chi connectivity index (χ2v) is 12.4. The number of allylic oxidation sites excluding steroid dienone is 1. The zero-order valence-corrected chi connectivity index (χ0v) is 23.5. The second kappa shape index (κ2) is 11.3. The summed E-state index contributed by atoms with van der Waals surface area (Å²) in [5.41, 5.74) is 1.66. The molecule has 6 rings (SSSR count). The second-order valence-electron chi connectivity index (χ2n) is 12.4. The molecule has 3 aromatic rings. The number of rotatable bonds is 9. The highest BCUT2D eigenvalue weighted by Gasteiger charge is 2.31. The van der Waals surface area contributed by atoms with Gasteiger partial charge in [0.15, 0.2) is 11.5 Å². The maximum absolute atomic E-state index is 11.7. The molecular weight excluding hydrogens is 490 g/mol. The van der Waals surface area contributed by atoms with E-state index in [2.05, 4.69) is 46.5 Å². The minimum absolute atomic E-state index is 0.237. The lowest BCUT2D eigenvalue weighted by atomic mass is 9.80. The van der Waals surface area contributed by atoms with E-state index in [4.69, 9.17) is 19.5 Å². The molecular formula is C30H43N7O2. The van der Waals surface area contributed by atoms with E-state index in [1.165, 1.54) is 77.0 Å². The summed E-state index contributed by atoms with van der Waals surface area (Å²) in [5.74, 6) is 4.72. The van der Waals surface area contributed by atoms with Crippen molar-refractivity contribution in [2.45, 2.75) is 109 Å². The molecule has 0 saturated heterocycles. The Balaban J connectivity index is 1.45. The molecule has 3 aliphatic rings. The first-order valence-corrected chi connectivity index (χ1v) is 15.2. The van der Waals surface area contributed by atoms with E-state index in [1.807, 2.05) is 0 Å². The molecule has 0 bridgehead atoms. The number of hydrogen-bond donors (Lipinski definition) is 2. The third-order valence-electron chi connectivity index (χ3n) is 9.94. The Morgan fingerprint density at radius 2 is 1.74 bits per heavy atom. The number of fused-ring (bicyclic) bond motifs is 1. The highest BCUT2D eigenvalue weighted by molar-refractivity contribution is 5.85. The standard InChI is InChI=1S/C30H43N7O2/c1-4-20-13-15-21(16-14-20)17-37-24-25(31-19(3)23-11-8-12-23)32-27(28-35-30(38)39-36-28)33-26(24)34-29(37)18(2)22-9-6-5-7-10-22/h4,18-23H,1,5-17H2,2-3H3,(H,31,32,33)(H,35,36,38)/t18?,19-,20-,21-/m1/s1. The van der Waals surface area contributed by atoms with E-state index in [-0.39, 0.29) is 11.9 Å². The Bertz CT molecular complexity index is 1340. The number of nitrogens with one attached hydrogen (secondary N) is 2. The minimum atomic E-state index is -0.613. The molecule has 2 N–H and O–H groups in total. The normalized spacial score (nSPS) is 24.4. The highest BCUT2D eigenvalue weighted by Crippen LogP contribution is 2.40. The number of aromatic nitrogens is 6. The molecule has 3 aliphatic carbocycles. The van der Waals surface area contributed by atoms with Crippen molar-refractivity contribution < 1.29 is 4.52 Å². The van der Waals surface area contributed by atoms with Gasteiger partial charge in [-0.3, -0.25) is 9.51 Å². The summed E-state index contributed by atoms with van der Waals surface area (Å²) in [6, 6.07) is 0.284. The van der Waals surface area contributed by atoms with Gasteiger partial charge >= 0.3 is 5.76 Å². The van der Waals surface area contributed by atoms with E-state index in [1.54, 1.807) is 0 Å². The Morgan fingerprint density at radius 3 is 2.38 bits per heavy atom. The third-order valence-corrected chi connectivity index (χ3v) is 9.94. The molecule has 0 amide bonds. The molecule has 3 fully saturated rings. The summed E-state index contributed by atoms with van der Waals surface area (Å²) in [7, 11) is 0. The van der Waals surface area contributed by atoms with E-state index >= 15 is 0 Å². The lowest BCUT2D eigenvalue weighted by molar-refractivity contribution is 0.269. The van der Waals surface area contributed by atoms with Crippen molar-refractivity contribution in [1.82, 2.24) is 29.7 Å². The molecule has 3 saturated carbocycles. The minimum Gasteiger partial charge on any atom is -0.365 e. The molecule has 9 heteroatoms. The molecule has 0 aliphatic heterocycles. The van der Waals surface area contributed by atoms with Crippen molar-refractivity contribution >= 4 is 17.0 Å². The van der Waals surface area contributed by atoms with Crippen LogP contribution in [-0.2, 0) is 6.54 Å². The topological polar surface area (TPSA) is 115 Å². The zero-order chi connectivity index (χ0) is 26.9. The lowest BCUT2D eigenvalue weighted by Crippen LogP contribution is -2.31. The van der Waals surface area contributed by atoms with Crippen LogP contribution in [0.15, 0.2) is 22.0 Å². The van der Waals surface area contributed by atoms with Crippen LogP contribution in [0.3, 0.4) is 0 Å². The molecule has 3 aromatic heterocycles. The lowest BCUT2D eigenvalue weighted by Gasteiger charge is -2.33. The van der Waals surface area contributed by atoms with Gasteiger partial charge in [-0.2, -0.15) is 0 Å². The maximum atomic E-state index is 11.7. The van der Waals surface area contributed by atoms with Crippen LogP contribution >= 0.6 is 0 Å². The first-order chi connectivity index (χ1) is 19.0. The van der Waals surface area contributed by atoms with Crippen molar-refractivity contribution in [3.8, 4) is 11.6 Å². The maximum Gasteiger partial charge on any atom is 0.439 e. The van der Waals surface area contributed by atoms with Gasteiger partial charge in [0.1, 0.15) is 11.3 Å². The first kappa shape index (κ1) is 26.3. The van der Waals surface area contributed by atoms with Gasteiger partial charge in [-0.05, 0) is 82.0 Å². The molecule has 1 unspecified atom stereocenters. The van der Waals surface area contributed by atoms with Gasteiger partial charge in [-0.15, -0.1) is 6.58 Å². The van der Waals surface area contributed by atoms with Gasteiger partial charge in [-0.1, -0.05) is 43.8 Å². The van der Waals surface area contributed by atoms with Crippen molar-refractivity contribution in [3.63, 3.8) is 0 Å². The van der Waals surface area contributed by atoms with Crippen LogP contribution in [0.25, 0.3) is 22.8 Å². The van der Waals surface area contributed by atoms with Crippen molar-refractivity contribution in [2.75, 3.05) is 5.32 Å². The van der Waals surface area contributed by atoms with Crippen LogP contribution in [0.5, 0.6) is 0 Å². The number of nitrogens with zero attached hydrogens (tertiary/aromatic N) is 5. The van der Waals surface area contributed by atoms with Crippen LogP contribution in [0, 0.1) is 23.7 Å². The summed E-state index contributed by atoms with van der Waals surface area (Å²) in [5, 5.41) is 7.64. The monoisotopic (exact) mass is 533 g/mol. The molecule has 0 radical (unpaired) electrons. The third kappa shape index (κ3) is 5.41. The first-order valence-electron chi connectivity index (χ1n) is 15.2. The van der Waals surface area contributed by atoms with Gasteiger partial charge in [0.2, 0.25) is 11.6 Å². The Morgan fingerprint density at radius 1 is 1.00 bits per heavy atom. The number of anilines is 1. The highest BCUT2D eigenvalue weighted by atomic mass is 16.5. The Hall–Kier alpha value is -2.97. The molecule has 0 spiro atoms. The molecule has 0 aromatic carbocycles. The Kier molecular flexibility index (Phi) is 7.58. The van der Waals surface area contributed by atoms with E-state index in [9.17, 15) is 4.79 Å². The summed E-state index contributed by atoms with van der Waals surface area (Å²) in [4.78, 5) is 29.4. The van der Waals surface area contributed by atoms with E-state index < -0.39 is 5.76 Å². The predicted molar refractivity (Wildman–Crippen MR) is 153 cm³/mol. The number of imidazole rings is 1. The zero-order valence-electron chi connectivity index (χ0n) is 23.5. The number of hydrogen-bond acceptors (Lipinski definition) is 7. The molecule has 39 heavy (non-hydrogen) atoms. The van der Waals surface area contributed by atoms with Crippen LogP contribution in [-0.4, -0.2) is 35.7 Å². The van der Waals surface area contributed by atoms with E-state index in [0.29, 0.717) is 41.1 Å². The van der Waals surface area contributed by atoms with Gasteiger partial charge in [0.25, 0.3) is 0 Å². The fourth-order valence-corrected chi connectivity index (χ4v) is 7.10. The number of H-pyrrole nitrogens is 1. The van der Waals surface area contributed by atoms with Gasteiger partial charge in [-0.25, -0.2) is 19.7 Å². The Labute approximate surface area is 230 Å². The average molecular weight is 534 g/mol. The quantitative estimate of drug-likeness (QED) is 0.304. The summed E-state index contributed by atoms with van der Waals surface area (Å²) in [6.07, 6.45) is 17.2. The van der Waals surface area contributed by atoms with Crippen LogP contribution < -0.4 is 11.1 Å². The van der Waals surface area contributed by atoms with Crippen LogP contribution in [0.1, 0.15) is 103 Å². The fraction of sp³-hybridized carbons (Fsp3) is 0.700. The van der Waals surface area contributed by atoms with E-state index in [0.717, 1.165) is 23.7 Å². The van der Waals surface area contributed by atoms with Crippen LogP contribution in [0.4, 0.5) is 5.82 Å². The largest absolute Gasteiger partial charge is 0.439 e. The van der Waals surface area contributed by atoms with Gasteiger partial charge < -0.3 is 9.88 Å². The molecule has 210 valence electrons. The summed E-state index contributed by atoms with van der Waals surface area (Å²) >= 11 is 0. The predicted octanol–water partition coefficient (Wildman–Crippen LogP) is 6.45. The summed E-state index contributed by atoms with van der Waals surface area (Å²) < 4.78 is 7.24. The summed E-state index contributed by atoms with van der Waals surface area (Å²) in [6.45, 7) is 9.58.